The van der Waals surface area contributed by atoms with E-state index >= 15 is 0 Å². The molecule has 0 radical (unpaired) electrons. The van der Waals surface area contributed by atoms with Crippen LogP contribution in [0.1, 0.15) is 16.7 Å². The van der Waals surface area contributed by atoms with Crippen LogP contribution in [0.3, 0.4) is 0 Å². The molecule has 2 nitrogen and oxygen atoms in total. The zero-order valence-electron chi connectivity index (χ0n) is 12.1. The van der Waals surface area contributed by atoms with Gasteiger partial charge in [0.05, 0.1) is 11.2 Å². The van der Waals surface area contributed by atoms with E-state index < -0.39 is 0 Å². The summed E-state index contributed by atoms with van der Waals surface area (Å²) in [5.74, 6) is 0. The lowest BCUT2D eigenvalue weighted by Crippen LogP contribution is -2.00. The molecular weight excluding hydrogens is 244 g/mol. The van der Waals surface area contributed by atoms with Crippen molar-refractivity contribution in [2.45, 2.75) is 20.8 Å². The van der Waals surface area contributed by atoms with E-state index in [1.807, 2.05) is 25.1 Å². The molecule has 1 heterocycles. The number of anilines is 1. The molecular formula is C18H18N2. The Morgan fingerprint density at radius 3 is 2.25 bits per heavy atom. The summed E-state index contributed by atoms with van der Waals surface area (Å²) in [4.78, 5) is 4.89. The second-order valence-corrected chi connectivity index (χ2v) is 5.27. The summed E-state index contributed by atoms with van der Waals surface area (Å²) in [6, 6.07) is 14.4. The van der Waals surface area contributed by atoms with Gasteiger partial charge >= 0.3 is 0 Å². The number of aromatic nitrogens is 1. The van der Waals surface area contributed by atoms with Crippen molar-refractivity contribution in [1.82, 2.24) is 4.98 Å². The molecule has 3 aromatic rings. The van der Waals surface area contributed by atoms with Gasteiger partial charge in [-0.3, -0.25) is 0 Å². The lowest BCUT2D eigenvalue weighted by molar-refractivity contribution is 1.28. The molecule has 2 heteroatoms. The number of nitrogen functional groups attached to an aromatic ring is 1. The molecule has 0 amide bonds. The van der Waals surface area contributed by atoms with Crippen molar-refractivity contribution < 1.29 is 0 Å². The van der Waals surface area contributed by atoms with Gasteiger partial charge in [-0.15, -0.1) is 0 Å². The van der Waals surface area contributed by atoms with Gasteiger partial charge in [-0.1, -0.05) is 42.5 Å². The number of rotatable bonds is 1. The molecule has 3 rings (SSSR count). The number of pyridine rings is 1. The summed E-state index contributed by atoms with van der Waals surface area (Å²) < 4.78 is 0. The smallest absolute Gasteiger partial charge is 0.0762 e. The van der Waals surface area contributed by atoms with Crippen LogP contribution < -0.4 is 5.73 Å². The van der Waals surface area contributed by atoms with Gasteiger partial charge in [0.15, 0.2) is 0 Å². The number of aryl methyl sites for hydroxylation is 2. The van der Waals surface area contributed by atoms with E-state index in [-0.39, 0.29) is 0 Å². The van der Waals surface area contributed by atoms with Gasteiger partial charge < -0.3 is 5.73 Å². The minimum absolute atomic E-state index is 0.831. The molecule has 0 saturated heterocycles. The van der Waals surface area contributed by atoms with Crippen LogP contribution in [-0.4, -0.2) is 4.98 Å². The van der Waals surface area contributed by atoms with Crippen molar-refractivity contribution in [1.29, 1.82) is 0 Å². The van der Waals surface area contributed by atoms with Crippen LogP contribution in [0.15, 0.2) is 42.5 Å². The summed E-state index contributed by atoms with van der Waals surface area (Å²) in [6.45, 7) is 6.25. The van der Waals surface area contributed by atoms with Gasteiger partial charge in [0.25, 0.3) is 0 Å². The first kappa shape index (κ1) is 12.7. The fourth-order valence-corrected chi connectivity index (χ4v) is 2.56. The number of nitrogens with zero attached hydrogens (tertiary/aromatic N) is 1. The standard InChI is InChI=1S/C18H18N2/c1-11-9-10-15-16(19)13(3)17(20-18(15)12(11)2)14-7-5-4-6-8-14/h4-10H,1-3H3,(H2,19,20). The van der Waals surface area contributed by atoms with Crippen LogP contribution in [0.2, 0.25) is 0 Å². The van der Waals surface area contributed by atoms with E-state index in [4.69, 9.17) is 10.7 Å². The third-order valence-electron chi connectivity index (χ3n) is 4.02. The van der Waals surface area contributed by atoms with Crippen molar-refractivity contribution in [2.24, 2.45) is 0 Å². The largest absolute Gasteiger partial charge is 0.398 e. The second-order valence-electron chi connectivity index (χ2n) is 5.27. The highest BCUT2D eigenvalue weighted by molar-refractivity contribution is 5.97. The Hall–Kier alpha value is -2.35. The van der Waals surface area contributed by atoms with Crippen LogP contribution in [0.5, 0.6) is 0 Å². The van der Waals surface area contributed by atoms with Gasteiger partial charge in [0.1, 0.15) is 0 Å². The fourth-order valence-electron chi connectivity index (χ4n) is 2.56. The van der Waals surface area contributed by atoms with E-state index in [1.165, 1.54) is 11.1 Å². The Bertz CT molecular complexity index is 790. The first-order valence-electron chi connectivity index (χ1n) is 6.81. The molecule has 20 heavy (non-hydrogen) atoms. The lowest BCUT2D eigenvalue weighted by Gasteiger charge is -2.14. The molecule has 2 aromatic carbocycles. The molecule has 0 unspecified atom stereocenters. The summed E-state index contributed by atoms with van der Waals surface area (Å²) in [7, 11) is 0. The van der Waals surface area contributed by atoms with Crippen LogP contribution in [-0.2, 0) is 0 Å². The van der Waals surface area contributed by atoms with Crippen LogP contribution in [0.25, 0.3) is 22.2 Å². The molecule has 0 atom stereocenters. The van der Waals surface area contributed by atoms with Crippen LogP contribution in [0.4, 0.5) is 5.69 Å². The zero-order valence-corrected chi connectivity index (χ0v) is 12.1. The number of nitrogens with two attached hydrogens (primary N) is 1. The van der Waals surface area contributed by atoms with Crippen molar-refractivity contribution in [3.8, 4) is 11.3 Å². The van der Waals surface area contributed by atoms with Crippen LogP contribution in [0, 0.1) is 20.8 Å². The predicted molar refractivity (Wildman–Crippen MR) is 85.8 cm³/mol. The van der Waals surface area contributed by atoms with E-state index in [9.17, 15) is 0 Å². The zero-order chi connectivity index (χ0) is 14.3. The summed E-state index contributed by atoms with van der Waals surface area (Å²) in [5.41, 5.74) is 13.8. The number of hydrogen-bond donors (Lipinski definition) is 1. The molecule has 1 aromatic heterocycles. The minimum Gasteiger partial charge on any atom is -0.398 e. The Labute approximate surface area is 119 Å². The van der Waals surface area contributed by atoms with Crippen molar-refractivity contribution in [3.63, 3.8) is 0 Å². The highest BCUT2D eigenvalue weighted by Gasteiger charge is 2.13. The maximum absolute atomic E-state index is 6.34. The topological polar surface area (TPSA) is 38.9 Å². The molecule has 0 bridgehead atoms. The maximum Gasteiger partial charge on any atom is 0.0762 e. The number of fused-ring (bicyclic) bond motifs is 1. The van der Waals surface area contributed by atoms with Gasteiger partial charge in [-0.2, -0.15) is 0 Å². The van der Waals surface area contributed by atoms with E-state index in [1.54, 1.807) is 0 Å². The molecule has 0 aliphatic heterocycles. The Morgan fingerprint density at radius 1 is 0.850 bits per heavy atom. The Balaban J connectivity index is 2.40. The quantitative estimate of drug-likeness (QED) is 0.705. The highest BCUT2D eigenvalue weighted by Crippen LogP contribution is 2.33. The van der Waals surface area contributed by atoms with E-state index in [0.29, 0.717) is 0 Å². The Morgan fingerprint density at radius 2 is 1.55 bits per heavy atom. The fraction of sp³-hybridized carbons (Fsp3) is 0.167. The molecule has 100 valence electrons. The summed E-state index contributed by atoms with van der Waals surface area (Å²) in [5, 5.41) is 1.05. The molecule has 0 aliphatic rings. The van der Waals surface area contributed by atoms with Crippen LogP contribution >= 0.6 is 0 Å². The van der Waals surface area contributed by atoms with Crippen molar-refractivity contribution in [3.05, 3.63) is 59.2 Å². The lowest BCUT2D eigenvalue weighted by atomic mass is 9.98. The maximum atomic E-state index is 6.34. The SMILES string of the molecule is Cc1ccc2c(N)c(C)c(-c3ccccc3)nc2c1C. The normalized spacial score (nSPS) is 10.9. The third-order valence-corrected chi connectivity index (χ3v) is 4.02. The Kier molecular flexibility index (Phi) is 2.94. The first-order valence-corrected chi connectivity index (χ1v) is 6.81. The molecule has 0 fully saturated rings. The van der Waals surface area contributed by atoms with Gasteiger partial charge in [-0.05, 0) is 37.5 Å². The minimum atomic E-state index is 0.831. The molecule has 0 spiro atoms. The second kappa shape index (κ2) is 4.64. The predicted octanol–water partition coefficient (Wildman–Crippen LogP) is 4.41. The number of benzene rings is 2. The average molecular weight is 262 g/mol. The third kappa shape index (κ3) is 1.85. The van der Waals surface area contributed by atoms with Gasteiger partial charge in [0.2, 0.25) is 0 Å². The van der Waals surface area contributed by atoms with Crippen molar-refractivity contribution >= 4 is 16.6 Å². The van der Waals surface area contributed by atoms with E-state index in [2.05, 4.69) is 38.1 Å². The first-order chi connectivity index (χ1) is 9.59. The molecule has 2 N–H and O–H groups in total. The monoisotopic (exact) mass is 262 g/mol. The average Bonchev–Trinajstić information content (AvgIpc) is 2.47. The van der Waals surface area contributed by atoms with Crippen molar-refractivity contribution in [2.75, 3.05) is 5.73 Å². The summed E-state index contributed by atoms with van der Waals surface area (Å²) >= 11 is 0. The molecule has 0 saturated carbocycles. The number of hydrogen-bond acceptors (Lipinski definition) is 2. The van der Waals surface area contributed by atoms with E-state index in [0.717, 1.165) is 33.4 Å². The summed E-state index contributed by atoms with van der Waals surface area (Å²) in [6.07, 6.45) is 0. The molecule has 0 aliphatic carbocycles. The van der Waals surface area contributed by atoms with Gasteiger partial charge in [-0.25, -0.2) is 4.98 Å². The highest BCUT2D eigenvalue weighted by atomic mass is 14.7. The van der Waals surface area contributed by atoms with Gasteiger partial charge in [0, 0.05) is 16.6 Å².